The van der Waals surface area contributed by atoms with E-state index in [0.29, 0.717) is 5.41 Å². The van der Waals surface area contributed by atoms with Gasteiger partial charge in [0.2, 0.25) is 0 Å². The van der Waals surface area contributed by atoms with E-state index in [2.05, 4.69) is 49.4 Å². The maximum Gasteiger partial charge on any atom is 0.0726 e. The van der Waals surface area contributed by atoms with Gasteiger partial charge in [-0.25, -0.2) is 0 Å². The number of ether oxygens (including phenoxy) is 1. The summed E-state index contributed by atoms with van der Waals surface area (Å²) in [6.07, 6.45) is 9.65. The molecule has 1 nitrogen and oxygen atoms in total. The molecule has 0 radical (unpaired) electrons. The highest BCUT2D eigenvalue weighted by atomic mass is 127. The number of fused-ring (bicyclic) bond motifs is 1. The molecule has 0 aromatic heterocycles. The van der Waals surface area contributed by atoms with E-state index in [1.165, 1.54) is 36.5 Å². The predicted molar refractivity (Wildman–Crippen MR) is 90.8 cm³/mol. The summed E-state index contributed by atoms with van der Waals surface area (Å²) in [5.41, 5.74) is 2.26. The Hall–Kier alpha value is 0.430. The minimum absolute atomic E-state index is 0.276. The maximum atomic E-state index is 5.45. The number of rotatable bonds is 4. The summed E-state index contributed by atoms with van der Waals surface area (Å²) in [5, 5.41) is 0. The molecule has 0 spiro atoms. The molecule has 0 heterocycles. The van der Waals surface area contributed by atoms with Crippen LogP contribution in [-0.4, -0.2) is 17.6 Å². The van der Waals surface area contributed by atoms with Gasteiger partial charge in [-0.2, -0.15) is 0 Å². The van der Waals surface area contributed by atoms with Crippen molar-refractivity contribution in [3.8, 4) is 0 Å². The Kier molecular flexibility index (Phi) is 5.38. The zero-order valence-corrected chi connectivity index (χ0v) is 15.1. The summed E-state index contributed by atoms with van der Waals surface area (Å²) in [7, 11) is 1.82. The fraction of sp³-hybridized carbons (Fsp3) is 0.882. The first-order chi connectivity index (χ1) is 9.02. The first-order valence-corrected chi connectivity index (χ1v) is 9.34. The van der Waals surface area contributed by atoms with Crippen molar-refractivity contribution in [2.75, 3.05) is 11.5 Å². The van der Waals surface area contributed by atoms with Crippen molar-refractivity contribution in [3.63, 3.8) is 0 Å². The Morgan fingerprint density at radius 2 is 2.16 bits per heavy atom. The van der Waals surface area contributed by atoms with E-state index < -0.39 is 0 Å². The number of allylic oxidation sites excluding steroid dienone is 1. The topological polar surface area (TPSA) is 9.23 Å². The number of hydrogen-bond donors (Lipinski definition) is 0. The lowest BCUT2D eigenvalue weighted by Crippen LogP contribution is -2.36. The molecule has 2 aliphatic rings. The third-order valence-corrected chi connectivity index (χ3v) is 7.18. The lowest BCUT2D eigenvalue weighted by atomic mass is 9.61. The zero-order chi connectivity index (χ0) is 14.0. The van der Waals surface area contributed by atoms with Crippen LogP contribution in [0.3, 0.4) is 0 Å². The lowest BCUT2D eigenvalue weighted by Gasteiger charge is -2.44. The quantitative estimate of drug-likeness (QED) is 0.371. The standard InChI is InChI=1S/C17H29IO/c1-12(11-18)15-7-8-16-14(10-13(2)19-4)6-5-9-17(15,16)3/h10,12-13,15-16H,5-9,11H2,1-4H3/t12-,13?,15-,16?,17-/m1/s1. The summed E-state index contributed by atoms with van der Waals surface area (Å²) in [6, 6.07) is 0. The van der Waals surface area contributed by atoms with E-state index in [-0.39, 0.29) is 6.10 Å². The van der Waals surface area contributed by atoms with Crippen LogP contribution in [0.15, 0.2) is 11.6 Å². The highest BCUT2D eigenvalue weighted by Gasteiger charge is 2.50. The van der Waals surface area contributed by atoms with Gasteiger partial charge in [-0.1, -0.05) is 48.1 Å². The molecule has 0 bridgehead atoms. The van der Waals surface area contributed by atoms with Crippen molar-refractivity contribution in [2.24, 2.45) is 23.2 Å². The second-order valence-electron chi connectivity index (χ2n) is 6.91. The van der Waals surface area contributed by atoms with Crippen LogP contribution in [-0.2, 0) is 4.74 Å². The normalized spacial score (nSPS) is 40.2. The van der Waals surface area contributed by atoms with Gasteiger partial charge in [-0.15, -0.1) is 0 Å². The smallest absolute Gasteiger partial charge is 0.0726 e. The number of hydrogen-bond acceptors (Lipinski definition) is 1. The fourth-order valence-corrected chi connectivity index (χ4v) is 5.31. The Labute approximate surface area is 132 Å². The average molecular weight is 376 g/mol. The van der Waals surface area contributed by atoms with Gasteiger partial charge in [0, 0.05) is 11.5 Å². The van der Waals surface area contributed by atoms with E-state index in [0.717, 1.165) is 17.8 Å². The number of alkyl halides is 1. The van der Waals surface area contributed by atoms with Crippen molar-refractivity contribution in [3.05, 3.63) is 11.6 Å². The summed E-state index contributed by atoms with van der Waals surface area (Å²) < 4.78 is 6.76. The van der Waals surface area contributed by atoms with Crippen LogP contribution in [0.4, 0.5) is 0 Å². The molecule has 0 aromatic rings. The van der Waals surface area contributed by atoms with Gasteiger partial charge >= 0.3 is 0 Å². The first-order valence-electron chi connectivity index (χ1n) is 7.82. The van der Waals surface area contributed by atoms with E-state index in [1.54, 1.807) is 5.57 Å². The molecule has 110 valence electrons. The molecule has 2 rings (SSSR count). The van der Waals surface area contributed by atoms with E-state index in [9.17, 15) is 0 Å². The van der Waals surface area contributed by atoms with Gasteiger partial charge in [-0.3, -0.25) is 0 Å². The van der Waals surface area contributed by atoms with Crippen LogP contribution in [0.25, 0.3) is 0 Å². The van der Waals surface area contributed by atoms with Gasteiger partial charge in [0.15, 0.2) is 0 Å². The molecule has 0 aliphatic heterocycles. The average Bonchev–Trinajstić information content (AvgIpc) is 2.76. The molecule has 0 amide bonds. The molecule has 2 unspecified atom stereocenters. The molecular formula is C17H29IO. The van der Waals surface area contributed by atoms with Crippen LogP contribution in [0.5, 0.6) is 0 Å². The van der Waals surface area contributed by atoms with Crippen LogP contribution in [0.1, 0.15) is 52.9 Å². The monoisotopic (exact) mass is 376 g/mol. The Morgan fingerprint density at radius 1 is 1.42 bits per heavy atom. The highest BCUT2D eigenvalue weighted by Crippen LogP contribution is 2.59. The minimum Gasteiger partial charge on any atom is -0.378 e. The Bertz CT molecular complexity index is 338. The maximum absolute atomic E-state index is 5.45. The molecule has 0 N–H and O–H groups in total. The third-order valence-electron chi connectivity index (χ3n) is 5.79. The van der Waals surface area contributed by atoms with Crippen LogP contribution < -0.4 is 0 Å². The molecule has 2 aliphatic carbocycles. The minimum atomic E-state index is 0.276. The lowest BCUT2D eigenvalue weighted by molar-refractivity contribution is 0.103. The van der Waals surface area contributed by atoms with Crippen molar-refractivity contribution >= 4 is 22.6 Å². The first kappa shape index (κ1) is 15.8. The molecule has 2 saturated carbocycles. The SMILES string of the molecule is COC(C)C=C1CCC[C@@]2(C)C1CC[C@@H]2[C@H](C)CI. The van der Waals surface area contributed by atoms with Crippen molar-refractivity contribution in [2.45, 2.75) is 59.0 Å². The van der Waals surface area contributed by atoms with Crippen LogP contribution in [0, 0.1) is 23.2 Å². The van der Waals surface area contributed by atoms with Gasteiger partial charge in [0.05, 0.1) is 6.10 Å². The van der Waals surface area contributed by atoms with Crippen molar-refractivity contribution in [1.29, 1.82) is 0 Å². The summed E-state index contributed by atoms with van der Waals surface area (Å²) in [4.78, 5) is 0. The van der Waals surface area contributed by atoms with Gasteiger partial charge in [0.25, 0.3) is 0 Å². The largest absolute Gasteiger partial charge is 0.378 e. The van der Waals surface area contributed by atoms with Gasteiger partial charge in [0.1, 0.15) is 0 Å². The molecule has 2 fully saturated rings. The van der Waals surface area contributed by atoms with Gasteiger partial charge in [-0.05, 0) is 62.2 Å². The second-order valence-corrected chi connectivity index (χ2v) is 7.79. The van der Waals surface area contributed by atoms with Crippen molar-refractivity contribution < 1.29 is 4.74 Å². The number of methoxy groups -OCH3 is 1. The van der Waals surface area contributed by atoms with Crippen LogP contribution in [0.2, 0.25) is 0 Å². The highest BCUT2D eigenvalue weighted by molar-refractivity contribution is 14.1. The van der Waals surface area contributed by atoms with Gasteiger partial charge < -0.3 is 4.74 Å². The molecule has 0 aromatic carbocycles. The number of halogens is 1. The third kappa shape index (κ3) is 3.04. The summed E-state index contributed by atoms with van der Waals surface area (Å²) in [6.45, 7) is 7.20. The summed E-state index contributed by atoms with van der Waals surface area (Å²) >= 11 is 2.57. The molecule has 0 saturated heterocycles. The molecule has 19 heavy (non-hydrogen) atoms. The Balaban J connectivity index is 2.21. The zero-order valence-electron chi connectivity index (χ0n) is 12.9. The Morgan fingerprint density at radius 3 is 2.79 bits per heavy atom. The molecular weight excluding hydrogens is 347 g/mol. The molecule has 2 heteroatoms. The predicted octanol–water partition coefficient (Wildman–Crippen LogP) is 5.24. The summed E-state index contributed by atoms with van der Waals surface area (Å²) in [5.74, 6) is 2.62. The van der Waals surface area contributed by atoms with Crippen molar-refractivity contribution in [1.82, 2.24) is 0 Å². The molecule has 5 atom stereocenters. The second kappa shape index (κ2) is 6.46. The van der Waals surface area contributed by atoms with E-state index in [4.69, 9.17) is 4.74 Å². The van der Waals surface area contributed by atoms with E-state index in [1.807, 2.05) is 7.11 Å². The fourth-order valence-electron chi connectivity index (χ4n) is 4.69. The van der Waals surface area contributed by atoms with Crippen LogP contribution >= 0.6 is 22.6 Å². The van der Waals surface area contributed by atoms with E-state index >= 15 is 0 Å².